The summed E-state index contributed by atoms with van der Waals surface area (Å²) in [4.78, 5) is 0. The van der Waals surface area contributed by atoms with Gasteiger partial charge in [0.25, 0.3) is 0 Å². The van der Waals surface area contributed by atoms with Gasteiger partial charge >= 0.3 is 0 Å². The Balaban J connectivity index is 2.40. The minimum Gasteiger partial charge on any atom is -0.397 e. The Morgan fingerprint density at radius 3 is 2.82 bits per heavy atom. The molecule has 0 amide bonds. The molecule has 0 unspecified atom stereocenters. The van der Waals surface area contributed by atoms with E-state index in [0.717, 1.165) is 11.3 Å². The number of benzene rings is 1. The first-order chi connectivity index (χ1) is 8.11. The van der Waals surface area contributed by atoms with Crippen LogP contribution in [0, 0.1) is 24.1 Å². The Labute approximate surface area is 98.9 Å². The fraction of sp³-hybridized carbons (Fsp3) is 0.154. The molecule has 1 aromatic heterocycles. The third-order valence-electron chi connectivity index (χ3n) is 2.75. The highest BCUT2D eigenvalue weighted by atomic mass is 19.1. The van der Waals surface area contributed by atoms with Crippen molar-refractivity contribution in [3.8, 4) is 6.07 Å². The molecule has 0 saturated carbocycles. The van der Waals surface area contributed by atoms with Crippen LogP contribution in [0.25, 0.3) is 0 Å². The predicted molar refractivity (Wildman–Crippen MR) is 63.8 cm³/mol. The molecule has 1 aromatic carbocycles. The molecule has 2 aromatic rings. The van der Waals surface area contributed by atoms with Gasteiger partial charge in [-0.2, -0.15) is 5.26 Å². The maximum atomic E-state index is 13.1. The van der Waals surface area contributed by atoms with Crippen LogP contribution in [0.2, 0.25) is 0 Å². The topological polar surface area (TPSA) is 54.7 Å². The lowest BCUT2D eigenvalue weighted by Crippen LogP contribution is -2.05. The molecule has 3 nitrogen and oxygen atoms in total. The third kappa shape index (κ3) is 2.13. The lowest BCUT2D eigenvalue weighted by Gasteiger charge is -2.08. The van der Waals surface area contributed by atoms with Crippen molar-refractivity contribution in [1.29, 1.82) is 5.26 Å². The molecule has 0 spiro atoms. The average molecular weight is 229 g/mol. The van der Waals surface area contributed by atoms with Crippen molar-refractivity contribution < 1.29 is 4.39 Å². The van der Waals surface area contributed by atoms with Gasteiger partial charge in [0.05, 0.1) is 5.69 Å². The van der Waals surface area contributed by atoms with E-state index in [1.165, 1.54) is 12.1 Å². The van der Waals surface area contributed by atoms with Crippen LogP contribution in [0.1, 0.15) is 17.0 Å². The molecule has 0 aliphatic heterocycles. The van der Waals surface area contributed by atoms with Crippen molar-refractivity contribution in [3.05, 3.63) is 53.1 Å². The van der Waals surface area contributed by atoms with Gasteiger partial charge in [0, 0.05) is 12.2 Å². The van der Waals surface area contributed by atoms with Crippen molar-refractivity contribution >= 4 is 5.69 Å². The summed E-state index contributed by atoms with van der Waals surface area (Å²) in [5.41, 5.74) is 8.46. The minimum absolute atomic E-state index is 0.279. The number of nitriles is 1. The molecule has 17 heavy (non-hydrogen) atoms. The zero-order chi connectivity index (χ0) is 12.4. The van der Waals surface area contributed by atoms with Crippen LogP contribution >= 0.6 is 0 Å². The molecule has 4 heteroatoms. The summed E-state index contributed by atoms with van der Waals surface area (Å²) in [6.07, 6.45) is 0. The number of nitrogens with two attached hydrogens (primary N) is 1. The summed E-state index contributed by atoms with van der Waals surface area (Å²) < 4.78 is 14.8. The van der Waals surface area contributed by atoms with Crippen molar-refractivity contribution in [1.82, 2.24) is 4.57 Å². The summed E-state index contributed by atoms with van der Waals surface area (Å²) in [5.74, 6) is -0.279. The van der Waals surface area contributed by atoms with Crippen LogP contribution in [0.4, 0.5) is 10.1 Å². The van der Waals surface area contributed by atoms with Gasteiger partial charge < -0.3 is 10.3 Å². The second-order valence-electron chi connectivity index (χ2n) is 3.90. The molecule has 1 heterocycles. The summed E-state index contributed by atoms with van der Waals surface area (Å²) in [5, 5.41) is 8.99. The monoisotopic (exact) mass is 229 g/mol. The Hall–Kier alpha value is -2.28. The summed E-state index contributed by atoms with van der Waals surface area (Å²) in [7, 11) is 0. The van der Waals surface area contributed by atoms with E-state index >= 15 is 0 Å². The normalized spacial score (nSPS) is 10.2. The van der Waals surface area contributed by atoms with Gasteiger partial charge in [-0.05, 0) is 30.7 Å². The van der Waals surface area contributed by atoms with Crippen LogP contribution < -0.4 is 5.73 Å². The zero-order valence-electron chi connectivity index (χ0n) is 9.44. The average Bonchev–Trinajstić information content (AvgIpc) is 2.57. The lowest BCUT2D eigenvalue weighted by molar-refractivity contribution is 0.623. The molecule has 0 bridgehead atoms. The van der Waals surface area contributed by atoms with E-state index in [2.05, 4.69) is 6.07 Å². The molecule has 0 saturated heterocycles. The van der Waals surface area contributed by atoms with Gasteiger partial charge in [0.15, 0.2) is 0 Å². The van der Waals surface area contributed by atoms with E-state index in [4.69, 9.17) is 11.0 Å². The van der Waals surface area contributed by atoms with Gasteiger partial charge in [-0.15, -0.1) is 0 Å². The first kappa shape index (κ1) is 11.2. The van der Waals surface area contributed by atoms with Crippen molar-refractivity contribution in [3.63, 3.8) is 0 Å². The molecule has 86 valence electrons. The van der Waals surface area contributed by atoms with Gasteiger partial charge in [-0.1, -0.05) is 12.1 Å². The number of hydrogen-bond acceptors (Lipinski definition) is 2. The maximum Gasteiger partial charge on any atom is 0.123 e. The Morgan fingerprint density at radius 1 is 1.41 bits per heavy atom. The lowest BCUT2D eigenvalue weighted by atomic mass is 10.2. The molecule has 0 radical (unpaired) electrons. The molecule has 0 atom stereocenters. The number of nitrogen functional groups attached to an aromatic ring is 1. The Kier molecular flexibility index (Phi) is 2.84. The molecule has 0 aliphatic carbocycles. The first-order valence-electron chi connectivity index (χ1n) is 5.22. The fourth-order valence-electron chi connectivity index (χ4n) is 1.78. The second-order valence-corrected chi connectivity index (χ2v) is 3.90. The highest BCUT2D eigenvalue weighted by Crippen LogP contribution is 2.18. The van der Waals surface area contributed by atoms with Crippen molar-refractivity contribution in [2.75, 3.05) is 5.73 Å². The van der Waals surface area contributed by atoms with Crippen LogP contribution in [0.5, 0.6) is 0 Å². The summed E-state index contributed by atoms with van der Waals surface area (Å²) in [6.45, 7) is 2.29. The van der Waals surface area contributed by atoms with Gasteiger partial charge in [0.1, 0.15) is 17.6 Å². The third-order valence-corrected chi connectivity index (χ3v) is 2.75. The maximum absolute atomic E-state index is 13.1. The smallest absolute Gasteiger partial charge is 0.123 e. The largest absolute Gasteiger partial charge is 0.397 e. The van der Waals surface area contributed by atoms with Gasteiger partial charge in [-0.3, -0.25) is 0 Å². The number of halogens is 1. The van der Waals surface area contributed by atoms with Crippen LogP contribution in [0.3, 0.4) is 0 Å². The van der Waals surface area contributed by atoms with Gasteiger partial charge in [-0.25, -0.2) is 4.39 Å². The highest BCUT2D eigenvalue weighted by molar-refractivity contribution is 5.50. The first-order valence-corrected chi connectivity index (χ1v) is 5.22. The zero-order valence-corrected chi connectivity index (χ0v) is 9.44. The van der Waals surface area contributed by atoms with Gasteiger partial charge in [0.2, 0.25) is 0 Å². The minimum atomic E-state index is -0.279. The van der Waals surface area contributed by atoms with E-state index in [1.807, 2.05) is 13.0 Å². The number of rotatable bonds is 2. The highest BCUT2D eigenvalue weighted by Gasteiger charge is 2.09. The fourth-order valence-corrected chi connectivity index (χ4v) is 1.78. The van der Waals surface area contributed by atoms with Crippen LogP contribution in [0.15, 0.2) is 30.3 Å². The van der Waals surface area contributed by atoms with E-state index < -0.39 is 0 Å². The van der Waals surface area contributed by atoms with Crippen LogP contribution in [-0.4, -0.2) is 4.57 Å². The quantitative estimate of drug-likeness (QED) is 0.859. The molecule has 0 fully saturated rings. The van der Waals surface area contributed by atoms with E-state index in [0.29, 0.717) is 17.9 Å². The van der Waals surface area contributed by atoms with E-state index in [-0.39, 0.29) is 5.82 Å². The number of nitrogens with zero attached hydrogens (tertiary/aromatic N) is 2. The Bertz CT molecular complexity index is 593. The van der Waals surface area contributed by atoms with Crippen molar-refractivity contribution in [2.45, 2.75) is 13.5 Å². The van der Waals surface area contributed by atoms with Crippen LogP contribution in [-0.2, 0) is 6.54 Å². The number of hydrogen-bond donors (Lipinski definition) is 1. The van der Waals surface area contributed by atoms with Crippen molar-refractivity contribution in [2.24, 2.45) is 0 Å². The van der Waals surface area contributed by atoms with E-state index in [1.54, 1.807) is 16.7 Å². The predicted octanol–water partition coefficient (Wildman–Crippen LogP) is 2.44. The SMILES string of the molecule is Cc1c(N)cc(C#N)n1Cc1cccc(F)c1. The Morgan fingerprint density at radius 2 is 2.18 bits per heavy atom. The second kappa shape index (κ2) is 4.30. The summed E-state index contributed by atoms with van der Waals surface area (Å²) >= 11 is 0. The summed E-state index contributed by atoms with van der Waals surface area (Å²) in [6, 6.07) is 10.0. The molecule has 2 rings (SSSR count). The molecular weight excluding hydrogens is 217 g/mol. The molecule has 2 N–H and O–H groups in total. The standard InChI is InChI=1S/C13H12FN3/c1-9-13(16)6-12(7-15)17(9)8-10-3-2-4-11(14)5-10/h2-6H,8,16H2,1H3. The van der Waals surface area contributed by atoms with E-state index in [9.17, 15) is 4.39 Å². The molecular formula is C13H12FN3. The molecule has 0 aliphatic rings. The number of anilines is 1. The number of aromatic nitrogens is 1.